The van der Waals surface area contributed by atoms with Gasteiger partial charge in [0.05, 0.1) is 0 Å². The van der Waals surface area contributed by atoms with E-state index in [0.29, 0.717) is 0 Å². The highest BCUT2D eigenvalue weighted by molar-refractivity contribution is 5.27. The maximum absolute atomic E-state index is 13.4. The number of benzene rings is 1. The zero-order valence-electron chi connectivity index (χ0n) is 8.94. The Morgan fingerprint density at radius 1 is 1.13 bits per heavy atom. The Labute approximate surface area is 87.1 Å². The van der Waals surface area contributed by atoms with Gasteiger partial charge in [0.25, 0.3) is 0 Å². The third-order valence-electron chi connectivity index (χ3n) is 2.81. The van der Waals surface area contributed by atoms with Crippen LogP contribution in [0.15, 0.2) is 12.1 Å². The van der Waals surface area contributed by atoms with Crippen molar-refractivity contribution in [2.75, 3.05) is 0 Å². The van der Waals surface area contributed by atoms with Gasteiger partial charge in [-0.15, -0.1) is 0 Å². The normalized spacial score (nSPS) is 15.5. The van der Waals surface area contributed by atoms with E-state index in [1.54, 1.807) is 20.8 Å². The van der Waals surface area contributed by atoms with Gasteiger partial charge in [0, 0.05) is 11.1 Å². The van der Waals surface area contributed by atoms with E-state index < -0.39 is 23.0 Å². The summed E-state index contributed by atoms with van der Waals surface area (Å²) in [7, 11) is 0. The molecule has 15 heavy (non-hydrogen) atoms. The second-order valence-electron chi connectivity index (χ2n) is 4.16. The number of hydrogen-bond donors (Lipinski definition) is 1. The van der Waals surface area contributed by atoms with Gasteiger partial charge in [-0.3, -0.25) is 0 Å². The van der Waals surface area contributed by atoms with E-state index in [1.807, 2.05) is 0 Å². The van der Waals surface area contributed by atoms with Crippen molar-refractivity contribution in [1.29, 1.82) is 0 Å². The van der Waals surface area contributed by atoms with Crippen LogP contribution in [0.5, 0.6) is 0 Å². The zero-order chi connectivity index (χ0) is 11.8. The van der Waals surface area contributed by atoms with Crippen molar-refractivity contribution in [3.8, 4) is 0 Å². The summed E-state index contributed by atoms with van der Waals surface area (Å²) < 4.78 is 39.1. The fourth-order valence-electron chi connectivity index (χ4n) is 1.25. The molecule has 2 N–H and O–H groups in total. The first kappa shape index (κ1) is 12.0. The van der Waals surface area contributed by atoms with Crippen LogP contribution in [-0.2, 0) is 5.54 Å². The molecule has 1 nitrogen and oxygen atoms in total. The van der Waals surface area contributed by atoms with Crippen LogP contribution in [0.4, 0.5) is 13.2 Å². The second kappa shape index (κ2) is 3.85. The SMILES string of the molecule is CC(C)C(C)(N)c1ccc(F)c(F)c1F. The Hall–Kier alpha value is -1.03. The highest BCUT2D eigenvalue weighted by Crippen LogP contribution is 2.29. The molecule has 84 valence electrons. The molecule has 0 fully saturated rings. The average Bonchev–Trinajstić information content (AvgIpc) is 2.13. The Morgan fingerprint density at radius 3 is 2.13 bits per heavy atom. The summed E-state index contributed by atoms with van der Waals surface area (Å²) in [4.78, 5) is 0. The molecule has 0 aliphatic carbocycles. The molecule has 1 aromatic rings. The predicted molar refractivity (Wildman–Crippen MR) is 52.7 cm³/mol. The second-order valence-corrected chi connectivity index (χ2v) is 4.16. The van der Waals surface area contributed by atoms with Crippen LogP contribution in [0.25, 0.3) is 0 Å². The third-order valence-corrected chi connectivity index (χ3v) is 2.81. The Kier molecular flexibility index (Phi) is 3.09. The molecule has 0 amide bonds. The molecule has 0 spiro atoms. The van der Waals surface area contributed by atoms with Gasteiger partial charge in [0.2, 0.25) is 0 Å². The minimum absolute atomic E-state index is 0.00333. The standard InChI is InChI=1S/C11H14F3N/c1-6(2)11(3,15)7-4-5-8(12)10(14)9(7)13/h4-6H,15H2,1-3H3. The molecule has 0 aliphatic heterocycles. The lowest BCUT2D eigenvalue weighted by atomic mass is 9.82. The zero-order valence-corrected chi connectivity index (χ0v) is 8.94. The van der Waals surface area contributed by atoms with Crippen molar-refractivity contribution >= 4 is 0 Å². The van der Waals surface area contributed by atoms with Crippen LogP contribution in [0.3, 0.4) is 0 Å². The fourth-order valence-corrected chi connectivity index (χ4v) is 1.25. The largest absolute Gasteiger partial charge is 0.321 e. The molecular formula is C11H14F3N. The summed E-state index contributed by atoms with van der Waals surface area (Å²) in [6, 6.07) is 2.08. The van der Waals surface area contributed by atoms with Gasteiger partial charge in [-0.05, 0) is 18.9 Å². The first-order chi connectivity index (χ1) is 6.78. The molecule has 1 atom stereocenters. The first-order valence-electron chi connectivity index (χ1n) is 4.71. The highest BCUT2D eigenvalue weighted by atomic mass is 19.2. The molecule has 1 aromatic carbocycles. The van der Waals surface area contributed by atoms with Crippen molar-refractivity contribution < 1.29 is 13.2 Å². The molecular weight excluding hydrogens is 203 g/mol. The van der Waals surface area contributed by atoms with Crippen LogP contribution in [0, 0.1) is 23.4 Å². The highest BCUT2D eigenvalue weighted by Gasteiger charge is 2.30. The number of halogens is 3. The summed E-state index contributed by atoms with van der Waals surface area (Å²) in [6.45, 7) is 5.18. The lowest BCUT2D eigenvalue weighted by Crippen LogP contribution is -2.39. The van der Waals surface area contributed by atoms with E-state index in [0.717, 1.165) is 6.07 Å². The Bertz CT molecular complexity index is 372. The van der Waals surface area contributed by atoms with Crippen molar-refractivity contribution in [2.24, 2.45) is 11.7 Å². The van der Waals surface area contributed by atoms with Gasteiger partial charge in [-0.1, -0.05) is 19.9 Å². The van der Waals surface area contributed by atoms with Gasteiger partial charge >= 0.3 is 0 Å². The van der Waals surface area contributed by atoms with Crippen molar-refractivity contribution in [1.82, 2.24) is 0 Å². The summed E-state index contributed by atoms with van der Waals surface area (Å²) in [5.74, 6) is -3.95. The summed E-state index contributed by atoms with van der Waals surface area (Å²) >= 11 is 0. The monoisotopic (exact) mass is 217 g/mol. The van der Waals surface area contributed by atoms with Crippen LogP contribution in [-0.4, -0.2) is 0 Å². The Balaban J connectivity index is 3.34. The maximum Gasteiger partial charge on any atom is 0.194 e. The van der Waals surface area contributed by atoms with E-state index >= 15 is 0 Å². The number of hydrogen-bond acceptors (Lipinski definition) is 1. The van der Waals surface area contributed by atoms with E-state index in [4.69, 9.17) is 5.73 Å². The van der Waals surface area contributed by atoms with E-state index in [1.165, 1.54) is 6.07 Å². The Morgan fingerprint density at radius 2 is 1.67 bits per heavy atom. The molecule has 0 bridgehead atoms. The van der Waals surface area contributed by atoms with Gasteiger partial charge in [-0.2, -0.15) is 0 Å². The minimum atomic E-state index is -1.47. The van der Waals surface area contributed by atoms with Crippen molar-refractivity contribution in [3.63, 3.8) is 0 Å². The van der Waals surface area contributed by atoms with Gasteiger partial charge in [0.15, 0.2) is 17.5 Å². The van der Waals surface area contributed by atoms with Crippen LogP contribution in [0.2, 0.25) is 0 Å². The van der Waals surface area contributed by atoms with Gasteiger partial charge in [0.1, 0.15) is 0 Å². The van der Waals surface area contributed by atoms with Crippen molar-refractivity contribution in [2.45, 2.75) is 26.3 Å². The molecule has 0 heterocycles. The lowest BCUT2D eigenvalue weighted by Gasteiger charge is -2.30. The summed E-state index contributed by atoms with van der Waals surface area (Å²) in [6.07, 6.45) is 0. The first-order valence-corrected chi connectivity index (χ1v) is 4.71. The summed E-state index contributed by atoms with van der Waals surface area (Å²) in [5.41, 5.74) is 4.85. The summed E-state index contributed by atoms with van der Waals surface area (Å²) in [5, 5.41) is 0. The maximum atomic E-state index is 13.4. The predicted octanol–water partition coefficient (Wildman–Crippen LogP) is 2.93. The van der Waals surface area contributed by atoms with Crippen LogP contribution < -0.4 is 5.73 Å². The average molecular weight is 217 g/mol. The lowest BCUT2D eigenvalue weighted by molar-refractivity contribution is 0.326. The number of nitrogens with two attached hydrogens (primary N) is 1. The van der Waals surface area contributed by atoms with E-state index in [9.17, 15) is 13.2 Å². The minimum Gasteiger partial charge on any atom is -0.321 e. The van der Waals surface area contributed by atoms with E-state index in [-0.39, 0.29) is 11.5 Å². The molecule has 1 unspecified atom stereocenters. The van der Waals surface area contributed by atoms with Gasteiger partial charge < -0.3 is 5.73 Å². The molecule has 0 radical (unpaired) electrons. The van der Waals surface area contributed by atoms with Crippen LogP contribution in [0.1, 0.15) is 26.3 Å². The third kappa shape index (κ3) is 2.00. The molecule has 0 aliphatic rings. The van der Waals surface area contributed by atoms with Gasteiger partial charge in [-0.25, -0.2) is 13.2 Å². The molecule has 1 rings (SSSR count). The quantitative estimate of drug-likeness (QED) is 0.757. The molecule has 0 aromatic heterocycles. The molecule has 4 heteroatoms. The van der Waals surface area contributed by atoms with Crippen molar-refractivity contribution in [3.05, 3.63) is 35.1 Å². The topological polar surface area (TPSA) is 26.0 Å². The fraction of sp³-hybridized carbons (Fsp3) is 0.455. The van der Waals surface area contributed by atoms with E-state index in [2.05, 4.69) is 0 Å². The number of rotatable bonds is 2. The molecule has 0 saturated carbocycles. The smallest absolute Gasteiger partial charge is 0.194 e. The molecule has 0 saturated heterocycles. The van der Waals surface area contributed by atoms with Crippen LogP contribution >= 0.6 is 0 Å².